The molecule has 2 atom stereocenters. The Labute approximate surface area is 127 Å². The molecule has 0 aliphatic heterocycles. The molecule has 0 bridgehead atoms. The molecule has 1 aromatic carbocycles. The van der Waals surface area contributed by atoms with Crippen molar-refractivity contribution in [3.05, 3.63) is 47.8 Å². The van der Waals surface area contributed by atoms with Gasteiger partial charge in [0.25, 0.3) is 0 Å². The molecule has 0 radical (unpaired) electrons. The number of hydrogen-bond acceptors (Lipinski definition) is 3. The highest BCUT2D eigenvalue weighted by atomic mass is 15.4. The van der Waals surface area contributed by atoms with Gasteiger partial charge in [0.2, 0.25) is 0 Å². The van der Waals surface area contributed by atoms with Gasteiger partial charge in [-0.1, -0.05) is 49.4 Å². The molecule has 0 saturated heterocycles. The lowest BCUT2D eigenvalue weighted by atomic mass is 9.86. The molecule has 1 N–H and O–H groups in total. The van der Waals surface area contributed by atoms with E-state index in [9.17, 15) is 0 Å². The highest BCUT2D eigenvalue weighted by Gasteiger charge is 2.22. The maximum Gasteiger partial charge on any atom is 0.0842 e. The Hall–Kier alpha value is -1.68. The van der Waals surface area contributed by atoms with Crippen LogP contribution in [0.25, 0.3) is 0 Å². The van der Waals surface area contributed by atoms with E-state index in [-0.39, 0.29) is 0 Å². The van der Waals surface area contributed by atoms with E-state index in [1.165, 1.54) is 5.56 Å². The largest absolute Gasteiger partial charge is 0.313 e. The lowest BCUT2D eigenvalue weighted by Crippen LogP contribution is -2.37. The second-order valence-corrected chi connectivity index (χ2v) is 5.57. The third kappa shape index (κ3) is 4.39. The minimum absolute atomic E-state index is 0.397. The fourth-order valence-corrected chi connectivity index (χ4v) is 2.85. The average Bonchev–Trinajstić information content (AvgIpc) is 2.91. The van der Waals surface area contributed by atoms with Crippen molar-refractivity contribution in [3.63, 3.8) is 0 Å². The van der Waals surface area contributed by atoms with Gasteiger partial charge in [0.1, 0.15) is 0 Å². The standard InChI is InChI=1S/C17H26N4/c1-4-11-18-17(12-15-13-21(3)20-19-15)16(5-2)14-9-7-6-8-10-14/h6-10,13,16-18H,4-5,11-12H2,1-3H3. The first-order valence-electron chi connectivity index (χ1n) is 7.88. The van der Waals surface area contributed by atoms with E-state index >= 15 is 0 Å². The van der Waals surface area contributed by atoms with E-state index in [1.807, 2.05) is 13.2 Å². The van der Waals surface area contributed by atoms with Crippen LogP contribution >= 0.6 is 0 Å². The summed E-state index contributed by atoms with van der Waals surface area (Å²) in [5.41, 5.74) is 2.46. The summed E-state index contributed by atoms with van der Waals surface area (Å²) in [5.74, 6) is 0.500. The number of aromatic nitrogens is 3. The molecule has 114 valence electrons. The van der Waals surface area contributed by atoms with Crippen molar-refractivity contribution in [1.82, 2.24) is 20.3 Å². The van der Waals surface area contributed by atoms with Crippen LogP contribution in [-0.4, -0.2) is 27.6 Å². The Kier molecular flexibility index (Phi) is 5.93. The minimum atomic E-state index is 0.397. The molecule has 0 fully saturated rings. The summed E-state index contributed by atoms with van der Waals surface area (Å²) in [5, 5.41) is 12.0. The smallest absolute Gasteiger partial charge is 0.0842 e. The molecular formula is C17H26N4. The third-order valence-corrected chi connectivity index (χ3v) is 3.89. The van der Waals surface area contributed by atoms with Crippen LogP contribution in [0.3, 0.4) is 0 Å². The Morgan fingerprint density at radius 1 is 1.19 bits per heavy atom. The maximum absolute atomic E-state index is 4.25. The maximum atomic E-state index is 4.25. The van der Waals surface area contributed by atoms with E-state index in [1.54, 1.807) is 4.68 Å². The molecule has 2 rings (SSSR count). The zero-order valence-corrected chi connectivity index (χ0v) is 13.3. The Bertz CT molecular complexity index is 521. The zero-order valence-electron chi connectivity index (χ0n) is 13.3. The van der Waals surface area contributed by atoms with Crippen LogP contribution in [0, 0.1) is 0 Å². The van der Waals surface area contributed by atoms with Crippen LogP contribution in [0.5, 0.6) is 0 Å². The number of nitrogens with one attached hydrogen (secondary N) is 1. The van der Waals surface area contributed by atoms with Gasteiger partial charge in [0.05, 0.1) is 5.69 Å². The number of rotatable bonds is 8. The SMILES string of the molecule is CCCNC(Cc1cn(C)nn1)C(CC)c1ccccc1. The van der Waals surface area contributed by atoms with Crippen molar-refractivity contribution in [2.75, 3.05) is 6.54 Å². The molecule has 4 nitrogen and oxygen atoms in total. The Morgan fingerprint density at radius 3 is 2.52 bits per heavy atom. The number of nitrogens with zero attached hydrogens (tertiary/aromatic N) is 3. The van der Waals surface area contributed by atoms with E-state index < -0.39 is 0 Å². The van der Waals surface area contributed by atoms with Gasteiger partial charge in [-0.15, -0.1) is 5.10 Å². The quantitative estimate of drug-likeness (QED) is 0.811. The number of benzene rings is 1. The van der Waals surface area contributed by atoms with Crippen molar-refractivity contribution in [1.29, 1.82) is 0 Å². The molecule has 2 aromatic rings. The van der Waals surface area contributed by atoms with Crippen molar-refractivity contribution in [2.45, 2.75) is 45.1 Å². The summed E-state index contributed by atoms with van der Waals surface area (Å²) in [6, 6.07) is 11.2. The van der Waals surface area contributed by atoms with E-state index in [0.29, 0.717) is 12.0 Å². The second kappa shape index (κ2) is 7.93. The second-order valence-electron chi connectivity index (χ2n) is 5.57. The zero-order chi connectivity index (χ0) is 15.1. The first kappa shape index (κ1) is 15.7. The van der Waals surface area contributed by atoms with Crippen molar-refractivity contribution in [3.8, 4) is 0 Å². The third-order valence-electron chi connectivity index (χ3n) is 3.89. The first-order valence-corrected chi connectivity index (χ1v) is 7.88. The van der Waals surface area contributed by atoms with Crippen LogP contribution in [-0.2, 0) is 13.5 Å². The molecule has 0 amide bonds. The summed E-state index contributed by atoms with van der Waals surface area (Å²) in [7, 11) is 1.92. The van der Waals surface area contributed by atoms with Crippen molar-refractivity contribution < 1.29 is 0 Å². The van der Waals surface area contributed by atoms with Gasteiger partial charge in [-0.3, -0.25) is 4.68 Å². The topological polar surface area (TPSA) is 42.7 Å². The highest BCUT2D eigenvalue weighted by Crippen LogP contribution is 2.25. The molecule has 21 heavy (non-hydrogen) atoms. The van der Waals surface area contributed by atoms with Gasteiger partial charge >= 0.3 is 0 Å². The Balaban J connectivity index is 2.16. The van der Waals surface area contributed by atoms with Crippen molar-refractivity contribution >= 4 is 0 Å². The highest BCUT2D eigenvalue weighted by molar-refractivity contribution is 5.22. The number of aryl methyl sites for hydroxylation is 1. The molecular weight excluding hydrogens is 260 g/mol. The molecule has 2 unspecified atom stereocenters. The normalized spacial score (nSPS) is 14.0. The van der Waals surface area contributed by atoms with E-state index in [2.05, 4.69) is 59.8 Å². The predicted octanol–water partition coefficient (Wildman–Crippen LogP) is 2.92. The van der Waals surface area contributed by atoms with Crippen LogP contribution in [0.2, 0.25) is 0 Å². The fourth-order valence-electron chi connectivity index (χ4n) is 2.85. The summed E-state index contributed by atoms with van der Waals surface area (Å²) in [6.07, 6.45) is 5.19. The first-order chi connectivity index (χ1) is 10.2. The van der Waals surface area contributed by atoms with Gasteiger partial charge < -0.3 is 5.32 Å². The van der Waals surface area contributed by atoms with Crippen molar-refractivity contribution in [2.24, 2.45) is 7.05 Å². The van der Waals surface area contributed by atoms with Gasteiger partial charge in [-0.25, -0.2) is 0 Å². The van der Waals surface area contributed by atoms with Gasteiger partial charge in [0, 0.05) is 25.7 Å². The van der Waals surface area contributed by atoms with E-state index in [4.69, 9.17) is 0 Å². The van der Waals surface area contributed by atoms with Crippen LogP contribution in [0.4, 0.5) is 0 Å². The summed E-state index contributed by atoms with van der Waals surface area (Å²) in [4.78, 5) is 0. The number of hydrogen-bond donors (Lipinski definition) is 1. The molecule has 0 saturated carbocycles. The summed E-state index contributed by atoms with van der Waals surface area (Å²) >= 11 is 0. The van der Waals surface area contributed by atoms with E-state index in [0.717, 1.165) is 31.5 Å². The minimum Gasteiger partial charge on any atom is -0.313 e. The van der Waals surface area contributed by atoms with Crippen LogP contribution in [0.15, 0.2) is 36.5 Å². The fraction of sp³-hybridized carbons (Fsp3) is 0.529. The predicted molar refractivity (Wildman–Crippen MR) is 86.3 cm³/mol. The molecule has 1 aromatic heterocycles. The van der Waals surface area contributed by atoms with Gasteiger partial charge in [-0.05, 0) is 30.9 Å². The van der Waals surface area contributed by atoms with Gasteiger partial charge in [0.15, 0.2) is 0 Å². The van der Waals surface area contributed by atoms with Gasteiger partial charge in [-0.2, -0.15) is 0 Å². The molecule has 4 heteroatoms. The van der Waals surface area contributed by atoms with Crippen LogP contribution in [0.1, 0.15) is 43.9 Å². The molecule has 0 aliphatic carbocycles. The molecule has 0 spiro atoms. The lowest BCUT2D eigenvalue weighted by molar-refractivity contribution is 0.416. The summed E-state index contributed by atoms with van der Waals surface area (Å²) < 4.78 is 1.77. The summed E-state index contributed by atoms with van der Waals surface area (Å²) in [6.45, 7) is 5.50. The lowest BCUT2D eigenvalue weighted by Gasteiger charge is -2.27. The van der Waals surface area contributed by atoms with Crippen LogP contribution < -0.4 is 5.32 Å². The molecule has 0 aliphatic rings. The average molecular weight is 286 g/mol. The molecule has 1 heterocycles. The monoisotopic (exact) mass is 286 g/mol. The Morgan fingerprint density at radius 2 is 1.95 bits per heavy atom.